The number of hydrogen-bond donors (Lipinski definition) is 1. The standard InChI is InChI=1S/C29H22N2S.C12H9N/c1-20-9-7-8-16-31(23-17-22(18-30-19-23)21-10-3-2-4-11-21)26-15-14-25-24-12-5-6-13-27(24)32-29(25)28(20)26;1-3-7-11-9(5-1)10-6-2-4-8-12(10)13-11/h2-5,7-12,14-19H,1,6,13H2;1-8,13H/b9-7-,16-8-;. The number of rotatable bonds is 2. The predicted molar refractivity (Wildman–Crippen MR) is 194 cm³/mol. The van der Waals surface area contributed by atoms with E-state index in [-0.39, 0.29) is 0 Å². The fraction of sp³-hybridized carbons (Fsp3) is 0.0488. The third-order valence-corrected chi connectivity index (χ3v) is 9.82. The molecule has 0 unspecified atom stereocenters. The Morgan fingerprint density at radius 3 is 2.29 bits per heavy atom. The number of nitrogens with one attached hydrogen (secondary N) is 1. The van der Waals surface area contributed by atoms with Gasteiger partial charge in [0, 0.05) is 60.3 Å². The van der Waals surface area contributed by atoms with Crippen LogP contribution in [-0.4, -0.2) is 9.97 Å². The van der Waals surface area contributed by atoms with Crippen LogP contribution in [0.5, 0.6) is 0 Å². The number of aromatic amines is 1. The molecule has 0 bridgehead atoms. The van der Waals surface area contributed by atoms with Crippen LogP contribution in [0.15, 0.2) is 147 Å². The minimum Gasteiger partial charge on any atom is -0.355 e. The summed E-state index contributed by atoms with van der Waals surface area (Å²) in [5.41, 5.74) is 10.5. The van der Waals surface area contributed by atoms with E-state index < -0.39 is 0 Å². The molecule has 4 heterocycles. The van der Waals surface area contributed by atoms with Crippen molar-refractivity contribution in [1.29, 1.82) is 0 Å². The number of pyridine rings is 1. The molecule has 0 fully saturated rings. The van der Waals surface area contributed by atoms with Gasteiger partial charge in [0.15, 0.2) is 0 Å². The maximum atomic E-state index is 4.58. The third kappa shape index (κ3) is 4.99. The molecule has 9 rings (SSSR count). The smallest absolute Gasteiger partial charge is 0.0645 e. The van der Waals surface area contributed by atoms with Crippen LogP contribution in [0.3, 0.4) is 0 Å². The summed E-state index contributed by atoms with van der Waals surface area (Å²) in [4.78, 5) is 11.7. The number of H-pyrrole nitrogens is 1. The first-order chi connectivity index (χ1) is 22.2. The monoisotopic (exact) mass is 597 g/mol. The van der Waals surface area contributed by atoms with Gasteiger partial charge in [-0.15, -0.1) is 11.3 Å². The van der Waals surface area contributed by atoms with Gasteiger partial charge in [-0.05, 0) is 59.9 Å². The maximum absolute atomic E-state index is 4.58. The van der Waals surface area contributed by atoms with Gasteiger partial charge in [0.2, 0.25) is 0 Å². The Hall–Kier alpha value is -5.45. The highest BCUT2D eigenvalue weighted by Crippen LogP contribution is 2.45. The maximum Gasteiger partial charge on any atom is 0.0645 e. The highest BCUT2D eigenvalue weighted by molar-refractivity contribution is 7.19. The second kappa shape index (κ2) is 11.6. The highest BCUT2D eigenvalue weighted by Gasteiger charge is 2.22. The Labute approximate surface area is 266 Å². The van der Waals surface area contributed by atoms with Gasteiger partial charge in [0.05, 0.1) is 17.6 Å². The van der Waals surface area contributed by atoms with E-state index in [1.165, 1.54) is 47.9 Å². The van der Waals surface area contributed by atoms with Crippen LogP contribution in [0.25, 0.3) is 54.7 Å². The van der Waals surface area contributed by atoms with Gasteiger partial charge in [0.1, 0.15) is 0 Å². The Kier molecular flexibility index (Phi) is 6.97. The molecule has 1 aliphatic carbocycles. The lowest BCUT2D eigenvalue weighted by molar-refractivity contribution is 1.02. The van der Waals surface area contributed by atoms with Crippen molar-refractivity contribution < 1.29 is 0 Å². The summed E-state index contributed by atoms with van der Waals surface area (Å²) in [5.74, 6) is 0. The van der Waals surface area contributed by atoms with E-state index in [1.54, 1.807) is 0 Å². The molecule has 7 aromatic rings. The van der Waals surface area contributed by atoms with Crippen molar-refractivity contribution in [3.05, 3.63) is 163 Å². The number of nitrogens with zero attached hydrogens (tertiary/aromatic N) is 2. The number of fused-ring (bicyclic) bond motifs is 8. The zero-order valence-corrected chi connectivity index (χ0v) is 25.6. The zero-order chi connectivity index (χ0) is 30.2. The molecule has 0 amide bonds. The van der Waals surface area contributed by atoms with E-state index in [0.717, 1.165) is 40.9 Å². The van der Waals surface area contributed by atoms with E-state index in [1.807, 2.05) is 29.8 Å². The van der Waals surface area contributed by atoms with Crippen molar-refractivity contribution >= 4 is 66.3 Å². The molecule has 1 N–H and O–H groups in total. The second-order valence-corrected chi connectivity index (χ2v) is 12.4. The van der Waals surface area contributed by atoms with Gasteiger partial charge in [0.25, 0.3) is 0 Å². The molecule has 0 spiro atoms. The van der Waals surface area contributed by atoms with Gasteiger partial charge < -0.3 is 9.88 Å². The minimum atomic E-state index is 1.03. The first-order valence-electron chi connectivity index (χ1n) is 15.3. The largest absolute Gasteiger partial charge is 0.355 e. The third-order valence-electron chi connectivity index (χ3n) is 8.52. The van der Waals surface area contributed by atoms with Crippen LogP contribution >= 0.6 is 11.3 Å². The summed E-state index contributed by atoms with van der Waals surface area (Å²) >= 11 is 1.92. The van der Waals surface area contributed by atoms with Gasteiger partial charge in [-0.25, -0.2) is 0 Å². The Morgan fingerprint density at radius 1 is 0.733 bits per heavy atom. The molecule has 3 nitrogen and oxygen atoms in total. The lowest BCUT2D eigenvalue weighted by Crippen LogP contribution is -2.11. The van der Waals surface area contributed by atoms with Gasteiger partial charge in [-0.1, -0.05) is 104 Å². The lowest BCUT2D eigenvalue weighted by atomic mass is 9.96. The van der Waals surface area contributed by atoms with E-state index in [4.69, 9.17) is 0 Å². The number of aryl methyl sites for hydroxylation is 1. The Morgan fingerprint density at radius 2 is 1.49 bits per heavy atom. The number of anilines is 2. The van der Waals surface area contributed by atoms with E-state index in [2.05, 4.69) is 149 Å². The molecule has 0 atom stereocenters. The number of allylic oxidation sites excluding steroid dienone is 5. The number of para-hydroxylation sites is 2. The quantitative estimate of drug-likeness (QED) is 0.215. The van der Waals surface area contributed by atoms with Crippen LogP contribution in [-0.2, 0) is 6.42 Å². The molecule has 45 heavy (non-hydrogen) atoms. The Bertz CT molecular complexity index is 2250. The minimum absolute atomic E-state index is 1.03. The Balaban J connectivity index is 0.000000192. The fourth-order valence-electron chi connectivity index (χ4n) is 6.36. The highest BCUT2D eigenvalue weighted by atomic mass is 32.1. The van der Waals surface area contributed by atoms with E-state index in [0.29, 0.717) is 0 Å². The van der Waals surface area contributed by atoms with Gasteiger partial charge in [-0.3, -0.25) is 4.98 Å². The molecular formula is C41H31N3S. The van der Waals surface area contributed by atoms with Crippen LogP contribution < -0.4 is 4.90 Å². The number of hydrogen-bond acceptors (Lipinski definition) is 3. The van der Waals surface area contributed by atoms with Crippen molar-refractivity contribution in [1.82, 2.24) is 9.97 Å². The summed E-state index contributed by atoms with van der Waals surface area (Å²) in [6.07, 6.45) is 19.0. The summed E-state index contributed by atoms with van der Waals surface area (Å²) in [6.45, 7) is 4.43. The topological polar surface area (TPSA) is 31.9 Å². The predicted octanol–water partition coefficient (Wildman–Crippen LogP) is 11.5. The van der Waals surface area contributed by atoms with Crippen LogP contribution in [0.4, 0.5) is 11.4 Å². The molecule has 4 aromatic carbocycles. The average Bonchev–Trinajstić information content (AvgIpc) is 3.66. The van der Waals surface area contributed by atoms with Crippen molar-refractivity contribution in [3.63, 3.8) is 0 Å². The first kappa shape index (κ1) is 27.1. The van der Waals surface area contributed by atoms with Crippen molar-refractivity contribution in [2.75, 3.05) is 4.90 Å². The van der Waals surface area contributed by atoms with E-state index in [9.17, 15) is 0 Å². The van der Waals surface area contributed by atoms with Gasteiger partial charge in [-0.2, -0.15) is 0 Å². The number of aromatic nitrogens is 2. The SMILES string of the molecule is C=C1/C=C\C=C/N(c2cncc(-c3ccccc3)c2)c2ccc3c4c(sc3c21)CCC=C4.c1ccc2c(c1)[nH]c1ccccc12. The molecule has 2 aliphatic rings. The average molecular weight is 598 g/mol. The van der Waals surface area contributed by atoms with Gasteiger partial charge >= 0.3 is 0 Å². The molecule has 3 aromatic heterocycles. The summed E-state index contributed by atoms with van der Waals surface area (Å²) < 4.78 is 1.32. The second-order valence-electron chi connectivity index (χ2n) is 11.3. The molecule has 0 radical (unpaired) electrons. The van der Waals surface area contributed by atoms with Crippen molar-refractivity contribution in [2.45, 2.75) is 12.8 Å². The number of benzene rings is 4. The van der Waals surface area contributed by atoms with Crippen molar-refractivity contribution in [2.24, 2.45) is 0 Å². The summed E-state index contributed by atoms with van der Waals surface area (Å²) in [6, 6.07) is 33.9. The molecule has 4 heteroatoms. The zero-order valence-electron chi connectivity index (χ0n) is 24.8. The van der Waals surface area contributed by atoms with Crippen molar-refractivity contribution in [3.8, 4) is 11.1 Å². The molecule has 1 aliphatic heterocycles. The first-order valence-corrected chi connectivity index (χ1v) is 16.1. The summed E-state index contributed by atoms with van der Waals surface area (Å²) in [7, 11) is 0. The molecular weight excluding hydrogens is 567 g/mol. The van der Waals surface area contributed by atoms with Crippen LogP contribution in [0, 0.1) is 0 Å². The number of thiophene rings is 1. The molecule has 216 valence electrons. The molecule has 0 saturated heterocycles. The van der Waals surface area contributed by atoms with Crippen LogP contribution in [0.1, 0.15) is 22.4 Å². The van der Waals surface area contributed by atoms with E-state index >= 15 is 0 Å². The molecule has 0 saturated carbocycles. The lowest BCUT2D eigenvalue weighted by Gasteiger charge is -2.25. The fourth-order valence-corrected chi connectivity index (χ4v) is 7.74. The van der Waals surface area contributed by atoms with Crippen LogP contribution in [0.2, 0.25) is 0 Å². The normalized spacial score (nSPS) is 15.2. The summed E-state index contributed by atoms with van der Waals surface area (Å²) in [5, 5.41) is 3.94.